The predicted molar refractivity (Wildman–Crippen MR) is 90.0 cm³/mol. The molecule has 2 rings (SSSR count). The van der Waals surface area contributed by atoms with Crippen LogP contribution in [0.4, 0.5) is 5.82 Å². The number of rotatable bonds is 7. The highest BCUT2D eigenvalue weighted by atomic mass is 32.2. The van der Waals surface area contributed by atoms with E-state index in [1.165, 1.54) is 6.26 Å². The van der Waals surface area contributed by atoms with Gasteiger partial charge in [-0.15, -0.1) is 5.10 Å². The van der Waals surface area contributed by atoms with Crippen molar-refractivity contribution in [3.8, 4) is 0 Å². The second kappa shape index (κ2) is 8.03. The van der Waals surface area contributed by atoms with Gasteiger partial charge in [-0.05, 0) is 37.3 Å². The lowest BCUT2D eigenvalue weighted by Gasteiger charge is -2.30. The molecule has 1 aromatic rings. The van der Waals surface area contributed by atoms with Crippen LogP contribution in [0.5, 0.6) is 0 Å². The third-order valence-electron chi connectivity index (χ3n) is 4.18. The van der Waals surface area contributed by atoms with Crippen LogP contribution in [0.3, 0.4) is 0 Å². The molecule has 2 heterocycles. The van der Waals surface area contributed by atoms with E-state index in [0.717, 1.165) is 37.3 Å². The number of ether oxygens (including phenoxy) is 1. The molecule has 0 radical (unpaired) electrons. The van der Waals surface area contributed by atoms with E-state index in [1.54, 1.807) is 11.4 Å². The summed E-state index contributed by atoms with van der Waals surface area (Å²) in [4.78, 5) is 1.99. The van der Waals surface area contributed by atoms with E-state index in [9.17, 15) is 8.42 Å². The van der Waals surface area contributed by atoms with Crippen molar-refractivity contribution in [3.05, 3.63) is 17.8 Å². The number of piperidine rings is 1. The van der Waals surface area contributed by atoms with Crippen LogP contribution in [0.15, 0.2) is 12.1 Å². The summed E-state index contributed by atoms with van der Waals surface area (Å²) >= 11 is 0. The fourth-order valence-electron chi connectivity index (χ4n) is 2.80. The maximum atomic E-state index is 11.7. The van der Waals surface area contributed by atoms with Crippen LogP contribution < -0.4 is 4.90 Å². The van der Waals surface area contributed by atoms with Crippen LogP contribution in [-0.4, -0.2) is 69.6 Å². The topological polar surface area (TPSA) is 75.6 Å². The highest BCUT2D eigenvalue weighted by molar-refractivity contribution is 7.88. The van der Waals surface area contributed by atoms with Gasteiger partial charge in [0.25, 0.3) is 0 Å². The lowest BCUT2D eigenvalue weighted by molar-refractivity contribution is 0.206. The van der Waals surface area contributed by atoms with Gasteiger partial charge in [0.1, 0.15) is 0 Å². The van der Waals surface area contributed by atoms with E-state index < -0.39 is 10.0 Å². The lowest BCUT2D eigenvalue weighted by Crippen LogP contribution is -2.39. The van der Waals surface area contributed by atoms with Gasteiger partial charge in [-0.1, -0.05) is 0 Å². The zero-order valence-corrected chi connectivity index (χ0v) is 14.9. The molecule has 1 aliphatic rings. The van der Waals surface area contributed by atoms with Gasteiger partial charge in [0, 0.05) is 33.8 Å². The van der Waals surface area contributed by atoms with Crippen molar-refractivity contribution in [2.24, 2.45) is 5.92 Å². The lowest BCUT2D eigenvalue weighted by atomic mass is 9.94. The first kappa shape index (κ1) is 18.1. The van der Waals surface area contributed by atoms with Crippen LogP contribution >= 0.6 is 0 Å². The molecule has 0 aliphatic carbocycles. The van der Waals surface area contributed by atoms with Crippen molar-refractivity contribution in [2.75, 3.05) is 51.6 Å². The summed E-state index contributed by atoms with van der Waals surface area (Å²) in [6, 6.07) is 3.93. The summed E-state index contributed by atoms with van der Waals surface area (Å²) in [6.45, 7) is 2.61. The van der Waals surface area contributed by atoms with E-state index >= 15 is 0 Å². The first-order chi connectivity index (χ1) is 10.9. The smallest absolute Gasteiger partial charge is 0.211 e. The summed E-state index contributed by atoms with van der Waals surface area (Å²) in [6.07, 6.45) is 3.98. The third-order valence-corrected chi connectivity index (χ3v) is 5.45. The molecule has 1 fully saturated rings. The predicted octanol–water partition coefficient (Wildman–Crippen LogP) is 0.773. The minimum absolute atomic E-state index is 0.310. The van der Waals surface area contributed by atoms with Crippen LogP contribution in [0.25, 0.3) is 0 Å². The molecule has 1 aliphatic heterocycles. The highest BCUT2D eigenvalue weighted by Crippen LogP contribution is 2.22. The average molecular weight is 342 g/mol. The second-order valence-corrected chi connectivity index (χ2v) is 8.11. The molecule has 0 amide bonds. The quantitative estimate of drug-likeness (QED) is 0.729. The van der Waals surface area contributed by atoms with Crippen LogP contribution in [0, 0.1) is 5.92 Å². The zero-order chi connectivity index (χ0) is 16.9. The van der Waals surface area contributed by atoms with Crippen LogP contribution in [0.1, 0.15) is 18.5 Å². The molecule has 0 N–H and O–H groups in total. The standard InChI is InChI=1S/C15H26N4O3S/c1-18(9-10-22-2)15-7-6-14(16-17-15)11-13-5-4-8-19(12-13)23(3,20)21/h6-7,13H,4-5,8-12H2,1-3H3/t13-/m0/s1. The summed E-state index contributed by atoms with van der Waals surface area (Å²) in [5, 5.41) is 8.54. The summed E-state index contributed by atoms with van der Waals surface area (Å²) < 4.78 is 30.0. The van der Waals surface area contributed by atoms with E-state index in [4.69, 9.17) is 4.74 Å². The minimum Gasteiger partial charge on any atom is -0.383 e. The molecular weight excluding hydrogens is 316 g/mol. The van der Waals surface area contributed by atoms with E-state index in [-0.39, 0.29) is 0 Å². The number of likely N-dealkylation sites (N-methyl/N-ethyl adjacent to an activating group) is 1. The van der Waals surface area contributed by atoms with Crippen molar-refractivity contribution in [1.29, 1.82) is 0 Å². The molecular formula is C15H26N4O3S. The van der Waals surface area contributed by atoms with Gasteiger partial charge in [0.2, 0.25) is 10.0 Å². The Morgan fingerprint density at radius 2 is 2.17 bits per heavy atom. The summed E-state index contributed by atoms with van der Waals surface area (Å²) in [7, 11) is 0.526. The van der Waals surface area contributed by atoms with Crippen molar-refractivity contribution in [2.45, 2.75) is 19.3 Å². The number of hydrogen-bond donors (Lipinski definition) is 0. The van der Waals surface area contributed by atoms with Gasteiger partial charge in [-0.2, -0.15) is 5.10 Å². The van der Waals surface area contributed by atoms with E-state index in [0.29, 0.717) is 25.6 Å². The van der Waals surface area contributed by atoms with Crippen LogP contribution in [0.2, 0.25) is 0 Å². The zero-order valence-electron chi connectivity index (χ0n) is 14.1. The fourth-order valence-corrected chi connectivity index (χ4v) is 3.74. The molecule has 130 valence electrons. The Morgan fingerprint density at radius 1 is 1.39 bits per heavy atom. The van der Waals surface area contributed by atoms with Gasteiger partial charge < -0.3 is 9.64 Å². The van der Waals surface area contributed by atoms with Crippen molar-refractivity contribution >= 4 is 15.8 Å². The molecule has 0 unspecified atom stereocenters. The maximum absolute atomic E-state index is 11.7. The van der Waals surface area contributed by atoms with Crippen LogP contribution in [-0.2, 0) is 21.2 Å². The number of anilines is 1. The molecule has 1 atom stereocenters. The SMILES string of the molecule is COCCN(C)c1ccc(C[C@@H]2CCCN(S(C)(=O)=O)C2)nn1. The number of sulfonamides is 1. The number of nitrogens with zero attached hydrogens (tertiary/aromatic N) is 4. The molecule has 7 nitrogen and oxygen atoms in total. The van der Waals surface area contributed by atoms with Crippen molar-refractivity contribution in [1.82, 2.24) is 14.5 Å². The second-order valence-electron chi connectivity index (χ2n) is 6.13. The third kappa shape index (κ3) is 5.40. The number of hydrogen-bond acceptors (Lipinski definition) is 6. The Labute approximate surface area is 138 Å². The Bertz CT molecular complexity index is 591. The first-order valence-electron chi connectivity index (χ1n) is 7.88. The number of aromatic nitrogens is 2. The fraction of sp³-hybridized carbons (Fsp3) is 0.733. The molecule has 0 bridgehead atoms. The molecule has 1 saturated heterocycles. The van der Waals surface area contributed by atoms with E-state index in [1.807, 2.05) is 24.1 Å². The van der Waals surface area contributed by atoms with Gasteiger partial charge in [0.05, 0.1) is 18.6 Å². The van der Waals surface area contributed by atoms with Gasteiger partial charge in [-0.25, -0.2) is 12.7 Å². The van der Waals surface area contributed by atoms with Gasteiger partial charge in [-0.3, -0.25) is 0 Å². The average Bonchev–Trinajstić information content (AvgIpc) is 2.53. The monoisotopic (exact) mass is 342 g/mol. The molecule has 8 heteroatoms. The van der Waals surface area contributed by atoms with Crippen molar-refractivity contribution < 1.29 is 13.2 Å². The largest absolute Gasteiger partial charge is 0.383 e. The Balaban J connectivity index is 1.93. The normalized spacial score (nSPS) is 19.7. The Morgan fingerprint density at radius 3 is 2.78 bits per heavy atom. The minimum atomic E-state index is -3.10. The summed E-state index contributed by atoms with van der Waals surface area (Å²) in [5.41, 5.74) is 0.911. The molecule has 0 aromatic carbocycles. The number of methoxy groups -OCH3 is 1. The molecule has 1 aromatic heterocycles. The summed E-state index contributed by atoms with van der Waals surface area (Å²) in [5.74, 6) is 1.12. The van der Waals surface area contributed by atoms with Gasteiger partial charge >= 0.3 is 0 Å². The Hall–Kier alpha value is -1.25. The molecule has 0 saturated carbocycles. The first-order valence-corrected chi connectivity index (χ1v) is 9.73. The maximum Gasteiger partial charge on any atom is 0.211 e. The highest BCUT2D eigenvalue weighted by Gasteiger charge is 2.26. The van der Waals surface area contributed by atoms with Crippen molar-refractivity contribution in [3.63, 3.8) is 0 Å². The molecule has 0 spiro atoms. The van der Waals surface area contributed by atoms with E-state index in [2.05, 4.69) is 10.2 Å². The van der Waals surface area contributed by atoms with Gasteiger partial charge in [0.15, 0.2) is 5.82 Å². The Kier molecular flexibility index (Phi) is 6.32. The molecule has 23 heavy (non-hydrogen) atoms.